The van der Waals surface area contributed by atoms with Crippen molar-refractivity contribution in [3.63, 3.8) is 0 Å². The van der Waals surface area contributed by atoms with Gasteiger partial charge in [0.1, 0.15) is 24.0 Å². The van der Waals surface area contributed by atoms with E-state index in [1.54, 1.807) is 36.4 Å². The van der Waals surface area contributed by atoms with Crippen LogP contribution in [0.5, 0.6) is 5.75 Å². The Labute approximate surface area is 206 Å². The number of amides is 1. The van der Waals surface area contributed by atoms with Crippen LogP contribution in [0.1, 0.15) is 11.1 Å². The number of halogens is 4. The minimum atomic E-state index is -0.466. The molecule has 0 atom stereocenters. The highest BCUT2D eigenvalue weighted by molar-refractivity contribution is 9.10. The Hall–Kier alpha value is -2.26. The van der Waals surface area contributed by atoms with Gasteiger partial charge in [0.05, 0.1) is 15.6 Å². The van der Waals surface area contributed by atoms with Gasteiger partial charge in [-0.1, -0.05) is 63.6 Å². The van der Waals surface area contributed by atoms with Crippen LogP contribution in [0.15, 0.2) is 70.0 Å². The van der Waals surface area contributed by atoms with E-state index in [0.717, 1.165) is 16.2 Å². The van der Waals surface area contributed by atoms with Crippen LogP contribution >= 0.6 is 51.5 Å². The van der Waals surface area contributed by atoms with Crippen LogP contribution in [0.4, 0.5) is 14.5 Å². The van der Waals surface area contributed by atoms with Gasteiger partial charge in [-0.25, -0.2) is 8.78 Å². The van der Waals surface area contributed by atoms with Gasteiger partial charge in [0, 0.05) is 15.6 Å². The number of thioether (sulfide) groups is 1. The molecule has 1 saturated heterocycles. The van der Waals surface area contributed by atoms with Crippen molar-refractivity contribution in [3.05, 3.63) is 97.8 Å². The third kappa shape index (κ3) is 4.88. The molecule has 1 fully saturated rings. The first-order valence-corrected chi connectivity index (χ1v) is 11.6. The van der Waals surface area contributed by atoms with Crippen LogP contribution in [-0.4, -0.2) is 10.2 Å². The van der Waals surface area contributed by atoms with E-state index in [1.807, 2.05) is 0 Å². The maximum absolute atomic E-state index is 14.1. The van der Waals surface area contributed by atoms with E-state index in [0.29, 0.717) is 26.2 Å². The maximum Gasteiger partial charge on any atom is 0.270 e. The van der Waals surface area contributed by atoms with Gasteiger partial charge in [-0.15, -0.1) is 0 Å². The lowest BCUT2D eigenvalue weighted by Gasteiger charge is -2.14. The third-order valence-electron chi connectivity index (χ3n) is 4.55. The number of benzene rings is 3. The van der Waals surface area contributed by atoms with Crippen molar-refractivity contribution in [1.29, 1.82) is 0 Å². The standard InChI is InChI=1S/C23H13BrClF2NO2S2/c24-14-7-8-20(30-12-17-18(25)5-2-6-19(17)27)13(9-14)10-21-22(29)28(23(31)32-21)16-4-1-3-15(26)11-16/h1-11H,12H2/b21-10+. The van der Waals surface area contributed by atoms with Crippen LogP contribution in [0.3, 0.4) is 0 Å². The number of nitrogens with zero attached hydrogens (tertiary/aromatic N) is 1. The third-order valence-corrected chi connectivity index (χ3v) is 6.70. The first-order valence-electron chi connectivity index (χ1n) is 9.22. The van der Waals surface area contributed by atoms with Gasteiger partial charge in [-0.2, -0.15) is 0 Å². The van der Waals surface area contributed by atoms with Crippen molar-refractivity contribution >= 4 is 73.5 Å². The second-order valence-corrected chi connectivity index (χ2v) is 9.67. The molecule has 0 unspecified atom stereocenters. The fraction of sp³-hybridized carbons (Fsp3) is 0.0435. The lowest BCUT2D eigenvalue weighted by Crippen LogP contribution is -2.27. The number of rotatable bonds is 5. The zero-order chi connectivity index (χ0) is 22.8. The number of hydrogen-bond acceptors (Lipinski definition) is 4. The predicted octanol–water partition coefficient (Wildman–Crippen LogP) is 7.37. The minimum Gasteiger partial charge on any atom is -0.488 e. The highest BCUT2D eigenvalue weighted by Gasteiger charge is 2.33. The molecule has 0 radical (unpaired) electrons. The summed E-state index contributed by atoms with van der Waals surface area (Å²) in [4.78, 5) is 14.6. The summed E-state index contributed by atoms with van der Waals surface area (Å²) in [6, 6.07) is 15.3. The normalized spacial score (nSPS) is 15.0. The molecule has 4 rings (SSSR count). The van der Waals surface area contributed by atoms with Crippen molar-refractivity contribution in [2.75, 3.05) is 4.90 Å². The summed E-state index contributed by atoms with van der Waals surface area (Å²) in [5, 5.41) is 0.264. The Balaban J connectivity index is 1.63. The molecule has 162 valence electrons. The molecule has 1 aliphatic rings. The molecule has 0 saturated carbocycles. The molecule has 1 aliphatic heterocycles. The van der Waals surface area contributed by atoms with Crippen molar-refractivity contribution < 1.29 is 18.3 Å². The summed E-state index contributed by atoms with van der Waals surface area (Å²) in [5.41, 5.74) is 1.18. The van der Waals surface area contributed by atoms with E-state index >= 15 is 0 Å². The van der Waals surface area contributed by atoms with E-state index in [9.17, 15) is 13.6 Å². The number of carbonyl (C=O) groups excluding carboxylic acids is 1. The Morgan fingerprint density at radius 3 is 2.66 bits per heavy atom. The average molecular weight is 553 g/mol. The smallest absolute Gasteiger partial charge is 0.270 e. The SMILES string of the molecule is O=C1/C(=C\c2cc(Br)ccc2OCc2c(F)cccc2Cl)SC(=S)N1c1cccc(F)c1. The van der Waals surface area contributed by atoms with Crippen LogP contribution in [0.25, 0.3) is 6.08 Å². The Kier molecular flexibility index (Phi) is 6.95. The monoisotopic (exact) mass is 551 g/mol. The van der Waals surface area contributed by atoms with Gasteiger partial charge in [-0.05, 0) is 54.6 Å². The van der Waals surface area contributed by atoms with Crippen molar-refractivity contribution in [2.45, 2.75) is 6.61 Å². The molecule has 1 heterocycles. The fourth-order valence-corrected chi connectivity index (χ4v) is 4.92. The summed E-state index contributed by atoms with van der Waals surface area (Å²) >= 11 is 15.9. The molecule has 3 aromatic rings. The summed E-state index contributed by atoms with van der Waals surface area (Å²) in [6.07, 6.45) is 1.64. The van der Waals surface area contributed by atoms with E-state index in [4.69, 9.17) is 28.6 Å². The second-order valence-electron chi connectivity index (χ2n) is 6.67. The Bertz CT molecular complexity index is 1250. The molecule has 3 nitrogen and oxygen atoms in total. The summed E-state index contributed by atoms with van der Waals surface area (Å²) in [7, 11) is 0. The largest absolute Gasteiger partial charge is 0.488 e. The van der Waals surface area contributed by atoms with Crippen LogP contribution in [-0.2, 0) is 11.4 Å². The maximum atomic E-state index is 14.1. The van der Waals surface area contributed by atoms with Crippen molar-refractivity contribution in [1.82, 2.24) is 0 Å². The molecule has 0 spiro atoms. The molecular weight excluding hydrogens is 540 g/mol. The summed E-state index contributed by atoms with van der Waals surface area (Å²) in [5.74, 6) is -0.862. The summed E-state index contributed by atoms with van der Waals surface area (Å²) in [6.45, 7) is -0.0851. The van der Waals surface area contributed by atoms with Gasteiger partial charge < -0.3 is 4.74 Å². The molecular formula is C23H13BrClF2NO2S2. The molecule has 3 aromatic carbocycles. The number of carbonyl (C=O) groups is 1. The van der Waals surface area contributed by atoms with Crippen LogP contribution in [0, 0.1) is 11.6 Å². The minimum absolute atomic E-state index is 0.0851. The first kappa shape index (κ1) is 22.9. The molecule has 1 amide bonds. The second kappa shape index (κ2) is 9.70. The van der Waals surface area contributed by atoms with Gasteiger partial charge in [0.25, 0.3) is 5.91 Å². The number of ether oxygens (including phenoxy) is 1. The lowest BCUT2D eigenvalue weighted by atomic mass is 10.1. The van der Waals surface area contributed by atoms with Crippen molar-refractivity contribution in [3.8, 4) is 5.75 Å². The zero-order valence-corrected chi connectivity index (χ0v) is 20.1. The van der Waals surface area contributed by atoms with Crippen LogP contribution in [0.2, 0.25) is 5.02 Å². The predicted molar refractivity (Wildman–Crippen MR) is 132 cm³/mol. The van der Waals surface area contributed by atoms with Gasteiger partial charge in [-0.3, -0.25) is 9.69 Å². The Morgan fingerprint density at radius 1 is 1.12 bits per heavy atom. The van der Waals surface area contributed by atoms with Gasteiger partial charge in [0.15, 0.2) is 4.32 Å². The fourth-order valence-electron chi connectivity index (χ4n) is 3.03. The molecule has 0 N–H and O–H groups in total. The average Bonchev–Trinajstić information content (AvgIpc) is 3.02. The van der Waals surface area contributed by atoms with E-state index in [-0.39, 0.29) is 23.1 Å². The highest BCUT2D eigenvalue weighted by Crippen LogP contribution is 2.38. The van der Waals surface area contributed by atoms with Crippen LogP contribution < -0.4 is 9.64 Å². The molecule has 0 aromatic heterocycles. The molecule has 0 aliphatic carbocycles. The molecule has 32 heavy (non-hydrogen) atoms. The highest BCUT2D eigenvalue weighted by atomic mass is 79.9. The van der Waals surface area contributed by atoms with E-state index in [2.05, 4.69) is 15.9 Å². The number of thiocarbonyl (C=S) groups is 1. The molecule has 9 heteroatoms. The van der Waals surface area contributed by atoms with E-state index in [1.165, 1.54) is 35.2 Å². The number of hydrogen-bond donors (Lipinski definition) is 0. The first-order chi connectivity index (χ1) is 15.3. The quantitative estimate of drug-likeness (QED) is 0.244. The Morgan fingerprint density at radius 2 is 1.91 bits per heavy atom. The summed E-state index contributed by atoms with van der Waals surface area (Å²) < 4.78 is 34.6. The van der Waals surface area contributed by atoms with Crippen molar-refractivity contribution in [2.24, 2.45) is 0 Å². The lowest BCUT2D eigenvalue weighted by molar-refractivity contribution is -0.113. The zero-order valence-electron chi connectivity index (χ0n) is 16.2. The molecule has 0 bridgehead atoms. The number of anilines is 1. The topological polar surface area (TPSA) is 29.5 Å². The van der Waals surface area contributed by atoms with E-state index < -0.39 is 11.6 Å². The van der Waals surface area contributed by atoms with Gasteiger partial charge in [0.2, 0.25) is 0 Å². The van der Waals surface area contributed by atoms with Gasteiger partial charge >= 0.3 is 0 Å².